The van der Waals surface area contributed by atoms with Gasteiger partial charge in [-0.2, -0.15) is 0 Å². The second-order valence-corrected chi connectivity index (χ2v) is 4.59. The maximum Gasteiger partial charge on any atom is 0.191 e. The molecule has 2 rings (SSSR count). The van der Waals surface area contributed by atoms with Gasteiger partial charge in [0.15, 0.2) is 5.96 Å². The van der Waals surface area contributed by atoms with E-state index in [2.05, 4.69) is 51.8 Å². The summed E-state index contributed by atoms with van der Waals surface area (Å²) in [6.45, 7) is 3.50. The minimum atomic E-state index is 0. The lowest BCUT2D eigenvalue weighted by atomic mass is 10.1. The Kier molecular flexibility index (Phi) is 7.74. The number of nitrogens with zero attached hydrogens (tertiary/aromatic N) is 2. The van der Waals surface area contributed by atoms with Crippen LogP contribution in [0.4, 0.5) is 0 Å². The Morgan fingerprint density at radius 3 is 2.38 bits per heavy atom. The van der Waals surface area contributed by atoms with Crippen LogP contribution >= 0.6 is 24.0 Å². The number of hydrogen-bond donors (Lipinski definition) is 2. The Morgan fingerprint density at radius 1 is 1.05 bits per heavy atom. The molecule has 21 heavy (non-hydrogen) atoms. The van der Waals surface area contributed by atoms with Gasteiger partial charge in [0.1, 0.15) is 0 Å². The van der Waals surface area contributed by atoms with Gasteiger partial charge < -0.3 is 10.6 Å². The molecule has 0 bridgehead atoms. The van der Waals surface area contributed by atoms with Crippen molar-refractivity contribution in [2.24, 2.45) is 4.99 Å². The van der Waals surface area contributed by atoms with Gasteiger partial charge in [0.05, 0.1) is 12.2 Å². The Bertz CT molecular complexity index is 552. The Morgan fingerprint density at radius 2 is 1.76 bits per heavy atom. The number of guanidine groups is 1. The molecule has 0 aliphatic carbocycles. The molecule has 112 valence electrons. The van der Waals surface area contributed by atoms with Crippen LogP contribution in [0.5, 0.6) is 0 Å². The molecule has 0 amide bonds. The van der Waals surface area contributed by atoms with Crippen LogP contribution in [-0.2, 0) is 13.1 Å². The standard InChI is InChI=1S/C16H20N4.HI/c1-13-6-8-14(9-7-13)11-19-16(17-2)20-12-15-5-3-4-10-18-15;/h3-10H,11-12H2,1-2H3,(H2,17,19,20);1H. The summed E-state index contributed by atoms with van der Waals surface area (Å²) in [5, 5.41) is 6.53. The van der Waals surface area contributed by atoms with Crippen LogP contribution in [0.1, 0.15) is 16.8 Å². The number of pyridine rings is 1. The number of halogens is 1. The van der Waals surface area contributed by atoms with Crippen molar-refractivity contribution >= 4 is 29.9 Å². The van der Waals surface area contributed by atoms with Crippen LogP contribution < -0.4 is 10.6 Å². The van der Waals surface area contributed by atoms with Crippen LogP contribution in [0, 0.1) is 6.92 Å². The van der Waals surface area contributed by atoms with Gasteiger partial charge in [-0.1, -0.05) is 35.9 Å². The second kappa shape index (κ2) is 9.33. The zero-order valence-corrected chi connectivity index (χ0v) is 14.7. The van der Waals surface area contributed by atoms with Crippen molar-refractivity contribution in [2.45, 2.75) is 20.0 Å². The third-order valence-electron chi connectivity index (χ3n) is 2.97. The van der Waals surface area contributed by atoms with E-state index in [1.165, 1.54) is 11.1 Å². The first-order valence-electron chi connectivity index (χ1n) is 6.68. The van der Waals surface area contributed by atoms with E-state index in [9.17, 15) is 0 Å². The van der Waals surface area contributed by atoms with E-state index >= 15 is 0 Å². The average molecular weight is 396 g/mol. The summed E-state index contributed by atoms with van der Waals surface area (Å²) in [5.74, 6) is 0.774. The molecule has 2 N–H and O–H groups in total. The largest absolute Gasteiger partial charge is 0.352 e. The molecule has 4 nitrogen and oxygen atoms in total. The fourth-order valence-electron chi connectivity index (χ4n) is 1.79. The zero-order chi connectivity index (χ0) is 14.2. The highest BCUT2D eigenvalue weighted by molar-refractivity contribution is 14.0. The Hall–Kier alpha value is -1.63. The smallest absolute Gasteiger partial charge is 0.191 e. The molecule has 0 saturated carbocycles. The number of rotatable bonds is 4. The molecular formula is C16H21IN4. The van der Waals surface area contributed by atoms with E-state index < -0.39 is 0 Å². The van der Waals surface area contributed by atoms with E-state index in [4.69, 9.17) is 0 Å². The second-order valence-electron chi connectivity index (χ2n) is 4.59. The number of aliphatic imine (C=N–C) groups is 1. The first-order valence-corrected chi connectivity index (χ1v) is 6.68. The zero-order valence-electron chi connectivity index (χ0n) is 12.3. The van der Waals surface area contributed by atoms with Gasteiger partial charge in [-0.15, -0.1) is 24.0 Å². The molecule has 1 aromatic carbocycles. The number of aromatic nitrogens is 1. The first kappa shape index (κ1) is 17.4. The number of benzene rings is 1. The first-order chi connectivity index (χ1) is 9.78. The fraction of sp³-hybridized carbons (Fsp3) is 0.250. The lowest BCUT2D eigenvalue weighted by molar-refractivity contribution is 0.794. The summed E-state index contributed by atoms with van der Waals surface area (Å²) in [4.78, 5) is 8.47. The molecule has 1 aromatic heterocycles. The molecule has 0 spiro atoms. The normalized spacial score (nSPS) is 10.7. The molecule has 2 aromatic rings. The van der Waals surface area contributed by atoms with E-state index in [0.717, 1.165) is 18.2 Å². The van der Waals surface area contributed by atoms with Gasteiger partial charge in [-0.3, -0.25) is 9.98 Å². The summed E-state index contributed by atoms with van der Waals surface area (Å²) in [6.07, 6.45) is 1.79. The maximum atomic E-state index is 4.27. The number of hydrogen-bond acceptors (Lipinski definition) is 2. The highest BCUT2D eigenvalue weighted by atomic mass is 127. The van der Waals surface area contributed by atoms with Gasteiger partial charge in [0.2, 0.25) is 0 Å². The number of nitrogens with one attached hydrogen (secondary N) is 2. The maximum absolute atomic E-state index is 4.27. The Balaban J connectivity index is 0.00000220. The van der Waals surface area contributed by atoms with Crippen molar-refractivity contribution in [1.29, 1.82) is 0 Å². The third kappa shape index (κ3) is 6.12. The van der Waals surface area contributed by atoms with E-state index in [0.29, 0.717) is 6.54 Å². The van der Waals surface area contributed by atoms with Crippen molar-refractivity contribution < 1.29 is 0 Å². The predicted octanol–water partition coefficient (Wildman–Crippen LogP) is 2.87. The van der Waals surface area contributed by atoms with Crippen LogP contribution in [-0.4, -0.2) is 18.0 Å². The molecule has 0 atom stereocenters. The van der Waals surface area contributed by atoms with E-state index in [1.54, 1.807) is 13.2 Å². The molecular weight excluding hydrogens is 375 g/mol. The summed E-state index contributed by atoms with van der Waals surface area (Å²) in [6, 6.07) is 14.3. The SMILES string of the molecule is CN=C(NCc1ccc(C)cc1)NCc1ccccn1.I. The number of aryl methyl sites for hydroxylation is 1. The predicted molar refractivity (Wildman–Crippen MR) is 97.9 cm³/mol. The van der Waals surface area contributed by atoms with Gasteiger partial charge in [0, 0.05) is 19.8 Å². The van der Waals surface area contributed by atoms with Crippen molar-refractivity contribution in [3.8, 4) is 0 Å². The summed E-state index contributed by atoms with van der Waals surface area (Å²) < 4.78 is 0. The minimum Gasteiger partial charge on any atom is -0.352 e. The summed E-state index contributed by atoms with van der Waals surface area (Å²) in [5.41, 5.74) is 3.49. The third-order valence-corrected chi connectivity index (χ3v) is 2.97. The minimum absolute atomic E-state index is 0. The van der Waals surface area contributed by atoms with Crippen LogP contribution in [0.25, 0.3) is 0 Å². The van der Waals surface area contributed by atoms with Gasteiger partial charge in [0.25, 0.3) is 0 Å². The molecule has 0 aliphatic rings. The summed E-state index contributed by atoms with van der Waals surface area (Å²) >= 11 is 0. The molecule has 0 radical (unpaired) electrons. The fourth-order valence-corrected chi connectivity index (χ4v) is 1.79. The average Bonchev–Trinajstić information content (AvgIpc) is 2.50. The van der Waals surface area contributed by atoms with Crippen molar-refractivity contribution in [3.63, 3.8) is 0 Å². The highest BCUT2D eigenvalue weighted by Gasteiger charge is 1.99. The summed E-state index contributed by atoms with van der Waals surface area (Å²) in [7, 11) is 1.77. The van der Waals surface area contributed by atoms with Crippen molar-refractivity contribution in [2.75, 3.05) is 7.05 Å². The van der Waals surface area contributed by atoms with Crippen molar-refractivity contribution in [1.82, 2.24) is 15.6 Å². The molecule has 0 unspecified atom stereocenters. The van der Waals surface area contributed by atoms with Crippen LogP contribution in [0.2, 0.25) is 0 Å². The Labute approximate surface area is 143 Å². The molecule has 0 fully saturated rings. The van der Waals surface area contributed by atoms with E-state index in [1.807, 2.05) is 18.2 Å². The van der Waals surface area contributed by atoms with Gasteiger partial charge in [-0.25, -0.2) is 0 Å². The lowest BCUT2D eigenvalue weighted by Crippen LogP contribution is -2.36. The molecule has 0 saturated heterocycles. The lowest BCUT2D eigenvalue weighted by Gasteiger charge is -2.11. The molecule has 0 aliphatic heterocycles. The quantitative estimate of drug-likeness (QED) is 0.475. The van der Waals surface area contributed by atoms with Gasteiger partial charge >= 0.3 is 0 Å². The van der Waals surface area contributed by atoms with Crippen LogP contribution in [0.15, 0.2) is 53.7 Å². The molecule has 5 heteroatoms. The van der Waals surface area contributed by atoms with Crippen LogP contribution in [0.3, 0.4) is 0 Å². The highest BCUT2D eigenvalue weighted by Crippen LogP contribution is 2.02. The van der Waals surface area contributed by atoms with Gasteiger partial charge in [-0.05, 0) is 24.6 Å². The topological polar surface area (TPSA) is 49.3 Å². The van der Waals surface area contributed by atoms with Crippen molar-refractivity contribution in [3.05, 3.63) is 65.5 Å². The van der Waals surface area contributed by atoms with E-state index in [-0.39, 0.29) is 24.0 Å². The monoisotopic (exact) mass is 396 g/mol. The molecule has 1 heterocycles.